The summed E-state index contributed by atoms with van der Waals surface area (Å²) in [5, 5.41) is 9.83. The van der Waals surface area contributed by atoms with E-state index in [0.717, 1.165) is 18.4 Å². The lowest BCUT2D eigenvalue weighted by Crippen LogP contribution is -2.51. The number of carbonyl (C=O) groups excluding carboxylic acids is 1. The Bertz CT molecular complexity index is 601. The molecule has 2 fully saturated rings. The van der Waals surface area contributed by atoms with Gasteiger partial charge in [0.2, 0.25) is 5.91 Å². The van der Waals surface area contributed by atoms with Crippen LogP contribution in [0, 0.1) is 5.41 Å². The standard InChI is InChI=1S/C19H25NO4/c1-2-24-14-18(8-9-18)16(21)20-12-10-19(11-13-20,17(22)23)15-6-4-3-5-7-15/h3-7H,2,8-14H2,1H3,(H,22,23). The molecule has 1 saturated carbocycles. The quantitative estimate of drug-likeness (QED) is 0.869. The van der Waals surface area contributed by atoms with Crippen LogP contribution in [0.5, 0.6) is 0 Å². The maximum atomic E-state index is 12.8. The van der Waals surface area contributed by atoms with Gasteiger partial charge in [0.05, 0.1) is 17.4 Å². The Morgan fingerprint density at radius 1 is 1.12 bits per heavy atom. The lowest BCUT2D eigenvalue weighted by molar-refractivity contribution is -0.150. The van der Waals surface area contributed by atoms with Gasteiger partial charge in [0.15, 0.2) is 0 Å². The molecule has 1 amide bonds. The summed E-state index contributed by atoms with van der Waals surface area (Å²) in [5.74, 6) is -0.653. The third-order valence-electron chi connectivity index (χ3n) is 5.53. The Morgan fingerprint density at radius 2 is 1.75 bits per heavy atom. The van der Waals surface area contributed by atoms with Gasteiger partial charge in [-0.1, -0.05) is 30.3 Å². The summed E-state index contributed by atoms with van der Waals surface area (Å²) >= 11 is 0. The molecule has 0 spiro atoms. The Labute approximate surface area is 142 Å². The highest BCUT2D eigenvalue weighted by Gasteiger charge is 2.53. The van der Waals surface area contributed by atoms with Crippen LogP contribution in [0.2, 0.25) is 0 Å². The second-order valence-electron chi connectivity index (χ2n) is 6.96. The summed E-state index contributed by atoms with van der Waals surface area (Å²) in [5.41, 5.74) is -0.388. The fourth-order valence-corrected chi connectivity index (χ4v) is 3.68. The van der Waals surface area contributed by atoms with Gasteiger partial charge in [-0.3, -0.25) is 9.59 Å². The van der Waals surface area contributed by atoms with Crippen LogP contribution < -0.4 is 0 Å². The summed E-state index contributed by atoms with van der Waals surface area (Å²) in [6.45, 7) is 4.02. The maximum Gasteiger partial charge on any atom is 0.314 e. The van der Waals surface area contributed by atoms with Crippen molar-refractivity contribution in [2.75, 3.05) is 26.3 Å². The van der Waals surface area contributed by atoms with E-state index in [4.69, 9.17) is 4.74 Å². The summed E-state index contributed by atoms with van der Waals surface area (Å²) in [6, 6.07) is 9.39. The summed E-state index contributed by atoms with van der Waals surface area (Å²) in [6.07, 6.45) is 2.68. The molecule has 1 aliphatic heterocycles. The number of nitrogens with zero attached hydrogens (tertiary/aromatic N) is 1. The van der Waals surface area contributed by atoms with E-state index >= 15 is 0 Å². The number of aliphatic carboxylic acids is 1. The first-order valence-corrected chi connectivity index (χ1v) is 8.70. The molecule has 2 aliphatic rings. The molecule has 130 valence electrons. The molecule has 1 heterocycles. The van der Waals surface area contributed by atoms with Crippen LogP contribution in [0.1, 0.15) is 38.2 Å². The van der Waals surface area contributed by atoms with Crippen molar-refractivity contribution in [2.45, 2.75) is 38.0 Å². The predicted octanol–water partition coefficient (Wildman–Crippen LogP) is 2.45. The van der Waals surface area contributed by atoms with Crippen LogP contribution in [0.3, 0.4) is 0 Å². The topological polar surface area (TPSA) is 66.8 Å². The van der Waals surface area contributed by atoms with Crippen molar-refractivity contribution >= 4 is 11.9 Å². The van der Waals surface area contributed by atoms with E-state index < -0.39 is 11.4 Å². The SMILES string of the molecule is CCOCC1(C(=O)N2CCC(C(=O)O)(c3ccccc3)CC2)CC1. The van der Waals surface area contributed by atoms with Crippen molar-refractivity contribution in [2.24, 2.45) is 5.41 Å². The third-order valence-corrected chi connectivity index (χ3v) is 5.53. The average Bonchev–Trinajstić information content (AvgIpc) is 3.41. The van der Waals surface area contributed by atoms with Gasteiger partial charge in [0.25, 0.3) is 0 Å². The molecule has 1 aliphatic carbocycles. The normalized spacial score (nSPS) is 21.3. The largest absolute Gasteiger partial charge is 0.481 e. The highest BCUT2D eigenvalue weighted by Crippen LogP contribution is 2.48. The number of piperidine rings is 1. The van der Waals surface area contributed by atoms with Gasteiger partial charge in [0.1, 0.15) is 0 Å². The minimum atomic E-state index is -0.880. The first-order chi connectivity index (χ1) is 11.5. The first-order valence-electron chi connectivity index (χ1n) is 8.70. The molecule has 5 nitrogen and oxygen atoms in total. The highest BCUT2D eigenvalue weighted by atomic mass is 16.5. The van der Waals surface area contributed by atoms with Gasteiger partial charge in [-0.15, -0.1) is 0 Å². The van der Waals surface area contributed by atoms with Crippen LogP contribution in [-0.4, -0.2) is 48.2 Å². The second-order valence-corrected chi connectivity index (χ2v) is 6.96. The zero-order valence-corrected chi connectivity index (χ0v) is 14.2. The Balaban J connectivity index is 1.70. The molecule has 1 N–H and O–H groups in total. The molecule has 3 rings (SSSR count). The number of hydrogen-bond acceptors (Lipinski definition) is 3. The number of carboxylic acids is 1. The lowest BCUT2D eigenvalue weighted by Gasteiger charge is -2.40. The van der Waals surface area contributed by atoms with E-state index in [0.29, 0.717) is 39.1 Å². The van der Waals surface area contributed by atoms with E-state index in [1.807, 2.05) is 42.2 Å². The second kappa shape index (κ2) is 6.55. The first kappa shape index (κ1) is 17.0. The molecule has 0 bridgehead atoms. The number of rotatable bonds is 6. The fourth-order valence-electron chi connectivity index (χ4n) is 3.68. The van der Waals surface area contributed by atoms with Crippen molar-refractivity contribution in [1.29, 1.82) is 0 Å². The van der Waals surface area contributed by atoms with E-state index in [9.17, 15) is 14.7 Å². The Kier molecular flexibility index (Phi) is 4.63. The van der Waals surface area contributed by atoms with Crippen LogP contribution >= 0.6 is 0 Å². The van der Waals surface area contributed by atoms with Crippen LogP contribution in [0.25, 0.3) is 0 Å². The molecular weight excluding hydrogens is 306 g/mol. The van der Waals surface area contributed by atoms with Gasteiger partial charge in [-0.2, -0.15) is 0 Å². The minimum Gasteiger partial charge on any atom is -0.481 e. The number of carbonyl (C=O) groups is 2. The van der Waals surface area contributed by atoms with Gasteiger partial charge >= 0.3 is 5.97 Å². The van der Waals surface area contributed by atoms with Crippen molar-refractivity contribution in [3.05, 3.63) is 35.9 Å². The van der Waals surface area contributed by atoms with Gasteiger partial charge in [0, 0.05) is 19.7 Å². The molecule has 1 aromatic carbocycles. The smallest absolute Gasteiger partial charge is 0.314 e. The number of benzene rings is 1. The number of likely N-dealkylation sites (tertiary alicyclic amines) is 1. The Morgan fingerprint density at radius 3 is 2.25 bits per heavy atom. The summed E-state index contributed by atoms with van der Waals surface area (Å²) < 4.78 is 5.48. The van der Waals surface area contributed by atoms with Crippen molar-refractivity contribution in [1.82, 2.24) is 4.90 Å². The highest BCUT2D eigenvalue weighted by molar-refractivity contribution is 5.87. The number of ether oxygens (including phenoxy) is 1. The molecule has 24 heavy (non-hydrogen) atoms. The Hall–Kier alpha value is -1.88. The molecule has 1 saturated heterocycles. The summed E-state index contributed by atoms with van der Waals surface area (Å²) in [7, 11) is 0. The van der Waals surface area contributed by atoms with Crippen LogP contribution in [0.15, 0.2) is 30.3 Å². The van der Waals surface area contributed by atoms with E-state index in [-0.39, 0.29) is 11.3 Å². The molecule has 0 aromatic heterocycles. The van der Waals surface area contributed by atoms with Crippen molar-refractivity contribution < 1.29 is 19.4 Å². The molecule has 0 unspecified atom stereocenters. The summed E-state index contributed by atoms with van der Waals surface area (Å²) in [4.78, 5) is 26.6. The van der Waals surface area contributed by atoms with Gasteiger partial charge < -0.3 is 14.7 Å². The van der Waals surface area contributed by atoms with E-state index in [2.05, 4.69) is 0 Å². The van der Waals surface area contributed by atoms with Crippen LogP contribution in [0.4, 0.5) is 0 Å². The number of amides is 1. The molecule has 1 aromatic rings. The van der Waals surface area contributed by atoms with Crippen molar-refractivity contribution in [3.63, 3.8) is 0 Å². The van der Waals surface area contributed by atoms with Gasteiger partial charge in [-0.05, 0) is 38.2 Å². The lowest BCUT2D eigenvalue weighted by atomic mass is 9.72. The fraction of sp³-hybridized carbons (Fsp3) is 0.579. The van der Waals surface area contributed by atoms with Crippen molar-refractivity contribution in [3.8, 4) is 0 Å². The molecule has 0 atom stereocenters. The van der Waals surface area contributed by atoms with E-state index in [1.165, 1.54) is 0 Å². The molecular formula is C19H25NO4. The number of hydrogen-bond donors (Lipinski definition) is 1. The average molecular weight is 331 g/mol. The minimum absolute atomic E-state index is 0.142. The number of carboxylic acid groups (broad SMARTS) is 1. The molecule has 5 heteroatoms. The monoisotopic (exact) mass is 331 g/mol. The van der Waals surface area contributed by atoms with E-state index in [1.54, 1.807) is 0 Å². The zero-order valence-electron chi connectivity index (χ0n) is 14.2. The van der Waals surface area contributed by atoms with Gasteiger partial charge in [-0.25, -0.2) is 0 Å². The van der Waals surface area contributed by atoms with Crippen LogP contribution in [-0.2, 0) is 19.7 Å². The zero-order chi connectivity index (χ0) is 17.2. The third kappa shape index (κ3) is 2.93. The molecule has 0 radical (unpaired) electrons. The predicted molar refractivity (Wildman–Crippen MR) is 89.7 cm³/mol. The maximum absolute atomic E-state index is 12.8.